The highest BCUT2D eigenvalue weighted by Gasteiger charge is 2.28. The molecule has 8 heteroatoms. The number of hydrogen-bond donors (Lipinski definition) is 0. The predicted octanol–water partition coefficient (Wildman–Crippen LogP) is 4.62. The average Bonchev–Trinajstić information content (AvgIpc) is 3.48. The van der Waals surface area contributed by atoms with E-state index in [1.807, 2.05) is 55.7 Å². The van der Waals surface area contributed by atoms with Gasteiger partial charge in [-0.25, -0.2) is 4.98 Å². The van der Waals surface area contributed by atoms with Crippen LogP contribution in [0.15, 0.2) is 52.4 Å². The van der Waals surface area contributed by atoms with Gasteiger partial charge in [-0.3, -0.25) is 4.79 Å². The van der Waals surface area contributed by atoms with Gasteiger partial charge in [0.2, 0.25) is 0 Å². The van der Waals surface area contributed by atoms with Crippen LogP contribution in [0.3, 0.4) is 0 Å². The Hall–Kier alpha value is -3.39. The van der Waals surface area contributed by atoms with Crippen LogP contribution in [0.1, 0.15) is 23.0 Å². The lowest BCUT2D eigenvalue weighted by Gasteiger charge is -2.37. The SMILES string of the molecule is CCN1CC(CN(C)C(=O)c2cc(-c3cccs3)nc3onc(C)c23)Oc2ccccc21. The van der Waals surface area contributed by atoms with E-state index >= 15 is 0 Å². The van der Waals surface area contributed by atoms with Crippen molar-refractivity contribution in [2.45, 2.75) is 20.0 Å². The van der Waals surface area contributed by atoms with Crippen molar-refractivity contribution in [3.63, 3.8) is 0 Å². The minimum Gasteiger partial charge on any atom is -0.485 e. The van der Waals surface area contributed by atoms with Crippen molar-refractivity contribution < 1.29 is 14.1 Å². The van der Waals surface area contributed by atoms with Crippen LogP contribution in [0.25, 0.3) is 21.7 Å². The van der Waals surface area contributed by atoms with Crippen LogP contribution in [-0.4, -0.2) is 53.7 Å². The number of carbonyl (C=O) groups excluding carboxylic acids is 1. The molecule has 1 amide bonds. The summed E-state index contributed by atoms with van der Waals surface area (Å²) in [5, 5.41) is 6.69. The molecule has 4 heterocycles. The third-order valence-electron chi connectivity index (χ3n) is 5.75. The number of carbonyl (C=O) groups is 1. The maximum atomic E-state index is 13.6. The lowest BCUT2D eigenvalue weighted by atomic mass is 10.1. The summed E-state index contributed by atoms with van der Waals surface area (Å²) < 4.78 is 11.6. The van der Waals surface area contributed by atoms with Gasteiger partial charge in [-0.05, 0) is 43.5 Å². The molecule has 164 valence electrons. The largest absolute Gasteiger partial charge is 0.485 e. The monoisotopic (exact) mass is 448 g/mol. The zero-order valence-corrected chi connectivity index (χ0v) is 19.1. The summed E-state index contributed by atoms with van der Waals surface area (Å²) in [7, 11) is 1.81. The van der Waals surface area contributed by atoms with Gasteiger partial charge in [0.05, 0.1) is 46.0 Å². The molecule has 0 radical (unpaired) electrons. The second-order valence-electron chi connectivity index (χ2n) is 7.91. The number of para-hydroxylation sites is 2. The number of ether oxygens (including phenoxy) is 1. The number of fused-ring (bicyclic) bond motifs is 2. The Balaban J connectivity index is 1.44. The number of aromatic nitrogens is 2. The predicted molar refractivity (Wildman–Crippen MR) is 126 cm³/mol. The van der Waals surface area contributed by atoms with Crippen molar-refractivity contribution in [3.05, 3.63) is 59.1 Å². The fourth-order valence-corrected chi connectivity index (χ4v) is 4.87. The molecule has 0 fully saturated rings. The van der Waals surface area contributed by atoms with Gasteiger partial charge < -0.3 is 19.1 Å². The fourth-order valence-electron chi connectivity index (χ4n) is 4.18. The van der Waals surface area contributed by atoms with E-state index in [1.165, 1.54) is 0 Å². The normalized spacial score (nSPS) is 15.5. The molecule has 7 nitrogen and oxygen atoms in total. The van der Waals surface area contributed by atoms with Gasteiger partial charge in [-0.2, -0.15) is 0 Å². The highest BCUT2D eigenvalue weighted by atomic mass is 32.1. The van der Waals surface area contributed by atoms with Crippen molar-refractivity contribution in [1.82, 2.24) is 15.0 Å². The second kappa shape index (κ2) is 8.27. The Morgan fingerprint density at radius 1 is 1.28 bits per heavy atom. The van der Waals surface area contributed by atoms with Gasteiger partial charge >= 0.3 is 0 Å². The summed E-state index contributed by atoms with van der Waals surface area (Å²) in [6, 6.07) is 13.8. The van der Waals surface area contributed by atoms with Crippen LogP contribution in [-0.2, 0) is 0 Å². The van der Waals surface area contributed by atoms with Crippen LogP contribution in [0.2, 0.25) is 0 Å². The number of nitrogens with zero attached hydrogens (tertiary/aromatic N) is 4. The Morgan fingerprint density at radius 2 is 2.12 bits per heavy atom. The summed E-state index contributed by atoms with van der Waals surface area (Å²) >= 11 is 1.57. The van der Waals surface area contributed by atoms with Crippen molar-refractivity contribution in [2.75, 3.05) is 31.6 Å². The maximum absolute atomic E-state index is 13.6. The number of thiophene rings is 1. The van der Waals surface area contributed by atoms with Gasteiger partial charge in [-0.15, -0.1) is 11.3 Å². The molecule has 3 aromatic heterocycles. The number of pyridine rings is 1. The molecule has 4 aromatic rings. The number of aryl methyl sites for hydroxylation is 1. The summed E-state index contributed by atoms with van der Waals surface area (Å²) in [4.78, 5) is 23.1. The molecule has 32 heavy (non-hydrogen) atoms. The number of hydrogen-bond acceptors (Lipinski definition) is 7. The molecule has 1 atom stereocenters. The van der Waals surface area contributed by atoms with Crippen LogP contribution in [0.4, 0.5) is 5.69 Å². The third kappa shape index (κ3) is 3.60. The van der Waals surface area contributed by atoms with E-state index in [2.05, 4.69) is 28.0 Å². The van der Waals surface area contributed by atoms with Crippen molar-refractivity contribution in [3.8, 4) is 16.3 Å². The summed E-state index contributed by atoms with van der Waals surface area (Å²) in [5.41, 5.74) is 3.38. The van der Waals surface area contributed by atoms with Crippen LogP contribution < -0.4 is 9.64 Å². The van der Waals surface area contributed by atoms with Gasteiger partial charge in [-0.1, -0.05) is 23.4 Å². The fraction of sp³-hybridized carbons (Fsp3) is 0.292. The zero-order chi connectivity index (χ0) is 22.2. The van der Waals surface area contributed by atoms with E-state index in [-0.39, 0.29) is 12.0 Å². The van der Waals surface area contributed by atoms with Crippen LogP contribution >= 0.6 is 11.3 Å². The van der Waals surface area contributed by atoms with E-state index in [4.69, 9.17) is 9.26 Å². The molecular weight excluding hydrogens is 424 g/mol. The van der Waals surface area contributed by atoms with E-state index < -0.39 is 0 Å². The standard InChI is InChI=1S/C24H24N4O3S/c1-4-28-14-16(30-20-9-6-5-8-19(20)28)13-27(3)24(29)17-12-18(21-10-7-11-32-21)25-23-22(17)15(2)26-31-23/h5-12,16H,4,13-14H2,1-3H3. The van der Waals surface area contributed by atoms with E-state index in [1.54, 1.807) is 16.2 Å². The number of benzene rings is 1. The average molecular weight is 449 g/mol. The molecule has 0 saturated heterocycles. The second-order valence-corrected chi connectivity index (χ2v) is 8.86. The van der Waals surface area contributed by atoms with Crippen LogP contribution in [0, 0.1) is 6.92 Å². The van der Waals surface area contributed by atoms with Crippen molar-refractivity contribution in [2.24, 2.45) is 0 Å². The zero-order valence-electron chi connectivity index (χ0n) is 18.2. The lowest BCUT2D eigenvalue weighted by molar-refractivity contribution is 0.0711. The van der Waals surface area contributed by atoms with Crippen molar-refractivity contribution >= 4 is 34.0 Å². The maximum Gasteiger partial charge on any atom is 0.259 e. The molecule has 0 spiro atoms. The van der Waals surface area contributed by atoms with E-state index in [0.717, 1.165) is 29.4 Å². The lowest BCUT2D eigenvalue weighted by Crippen LogP contribution is -2.46. The summed E-state index contributed by atoms with van der Waals surface area (Å²) in [6.07, 6.45) is -0.128. The first-order valence-electron chi connectivity index (χ1n) is 10.6. The Kier molecular flexibility index (Phi) is 5.30. The van der Waals surface area contributed by atoms with Gasteiger partial charge in [0.25, 0.3) is 11.6 Å². The van der Waals surface area contributed by atoms with E-state index in [0.29, 0.717) is 34.6 Å². The first-order valence-corrected chi connectivity index (χ1v) is 11.5. The molecule has 0 aliphatic carbocycles. The van der Waals surface area contributed by atoms with E-state index in [9.17, 15) is 4.79 Å². The topological polar surface area (TPSA) is 71.7 Å². The van der Waals surface area contributed by atoms with Crippen molar-refractivity contribution in [1.29, 1.82) is 0 Å². The molecule has 1 aromatic carbocycles. The first kappa shape index (κ1) is 20.5. The third-order valence-corrected chi connectivity index (χ3v) is 6.64. The smallest absolute Gasteiger partial charge is 0.259 e. The number of anilines is 1. The van der Waals surface area contributed by atoms with Crippen LogP contribution in [0.5, 0.6) is 5.75 Å². The Bertz CT molecular complexity index is 1270. The quantitative estimate of drug-likeness (QED) is 0.444. The Labute approximate surface area is 190 Å². The molecular formula is C24H24N4O3S. The molecule has 5 rings (SSSR count). The highest BCUT2D eigenvalue weighted by Crippen LogP contribution is 2.33. The van der Waals surface area contributed by atoms with Gasteiger partial charge in [0.1, 0.15) is 11.9 Å². The minimum atomic E-state index is -0.128. The number of amides is 1. The molecule has 0 bridgehead atoms. The molecule has 1 unspecified atom stereocenters. The summed E-state index contributed by atoms with van der Waals surface area (Å²) in [6.45, 7) is 6.03. The number of likely N-dealkylation sites (N-methyl/N-ethyl adjacent to an activating group) is 2. The summed E-state index contributed by atoms with van der Waals surface area (Å²) in [5.74, 6) is 0.750. The highest BCUT2D eigenvalue weighted by molar-refractivity contribution is 7.13. The van der Waals surface area contributed by atoms with Gasteiger partial charge in [0.15, 0.2) is 0 Å². The Morgan fingerprint density at radius 3 is 2.91 bits per heavy atom. The van der Waals surface area contributed by atoms with Gasteiger partial charge in [0, 0.05) is 13.6 Å². The first-order chi connectivity index (χ1) is 15.5. The molecule has 0 N–H and O–H groups in total. The minimum absolute atomic E-state index is 0.105. The number of rotatable bonds is 5. The molecule has 1 aliphatic rings. The molecule has 0 saturated carbocycles. The molecule has 1 aliphatic heterocycles.